The molecule has 9 heteroatoms. The molecule has 0 atom stereocenters. The maximum absolute atomic E-state index is 13.1. The Kier molecular flexibility index (Phi) is 10.4. The van der Waals surface area contributed by atoms with Crippen molar-refractivity contribution in [2.75, 3.05) is 26.2 Å². The molecule has 10 aliphatic rings. The van der Waals surface area contributed by atoms with Gasteiger partial charge in [0.15, 0.2) is 0 Å². The molecule has 10 rings (SSSR count). The molecule has 2 heterocycles. The fourth-order valence-electron chi connectivity index (χ4n) is 11.5. The van der Waals surface area contributed by atoms with E-state index in [2.05, 4.69) is 5.32 Å². The molecule has 2 saturated heterocycles. The van der Waals surface area contributed by atoms with Gasteiger partial charge in [0, 0.05) is 30.3 Å². The Morgan fingerprint density at radius 3 is 1.25 bits per heavy atom. The highest BCUT2D eigenvalue weighted by Gasteiger charge is 2.56. The molecule has 8 bridgehead atoms. The van der Waals surface area contributed by atoms with Gasteiger partial charge < -0.3 is 21.7 Å². The van der Waals surface area contributed by atoms with Crippen LogP contribution in [0.3, 0.4) is 0 Å². The Labute approximate surface area is 269 Å². The first-order chi connectivity index (χ1) is 20.5. The van der Waals surface area contributed by atoms with E-state index in [0.717, 1.165) is 126 Å². The SMILES string of the molecule is C.NC(=O)C1CCN(C(=O)C23CC4CC(CC(C4)C2)C3)CC1.NC(=O)C1CCNCC1.O=C(Cl)C12CC3CC(CC(C3)C1)C2. The lowest BCUT2D eigenvalue weighted by Gasteiger charge is -2.57. The summed E-state index contributed by atoms with van der Waals surface area (Å²) in [5.41, 5.74) is 10.4. The van der Waals surface area contributed by atoms with Gasteiger partial charge in [-0.25, -0.2) is 0 Å². The molecule has 2 aliphatic heterocycles. The Morgan fingerprint density at radius 2 is 0.932 bits per heavy atom. The van der Waals surface area contributed by atoms with Crippen LogP contribution in [0.5, 0.6) is 0 Å². The summed E-state index contributed by atoms with van der Waals surface area (Å²) in [6, 6.07) is 0. The summed E-state index contributed by atoms with van der Waals surface area (Å²) in [4.78, 5) is 48.5. The highest BCUT2D eigenvalue weighted by Crippen LogP contribution is 2.61. The van der Waals surface area contributed by atoms with E-state index >= 15 is 0 Å². The predicted octanol–water partition coefficient (Wildman–Crippen LogP) is 5.00. The van der Waals surface area contributed by atoms with Crippen LogP contribution in [0.4, 0.5) is 0 Å². The third kappa shape index (κ3) is 7.01. The molecule has 0 aromatic heterocycles. The third-order valence-corrected chi connectivity index (χ3v) is 13.3. The Bertz CT molecular complexity index is 1010. The van der Waals surface area contributed by atoms with E-state index in [-0.39, 0.29) is 47.1 Å². The summed E-state index contributed by atoms with van der Waals surface area (Å²) in [7, 11) is 0. The number of primary amides is 2. The number of carbonyl (C=O) groups is 4. The van der Waals surface area contributed by atoms with Crippen molar-refractivity contribution in [3.63, 3.8) is 0 Å². The van der Waals surface area contributed by atoms with Crippen LogP contribution in [-0.2, 0) is 19.2 Å². The van der Waals surface area contributed by atoms with Gasteiger partial charge in [0.25, 0.3) is 0 Å². The second-order valence-corrected chi connectivity index (χ2v) is 16.4. The van der Waals surface area contributed by atoms with Crippen LogP contribution < -0.4 is 16.8 Å². The van der Waals surface area contributed by atoms with Crippen molar-refractivity contribution in [3.05, 3.63) is 0 Å². The third-order valence-electron chi connectivity index (χ3n) is 12.9. The lowest BCUT2D eigenvalue weighted by atomic mass is 9.49. The van der Waals surface area contributed by atoms with Gasteiger partial charge in [0.1, 0.15) is 0 Å². The molecule has 0 aromatic rings. The fraction of sp³-hybridized carbons (Fsp3) is 0.886. The summed E-state index contributed by atoms with van der Waals surface area (Å²) in [5.74, 6) is 5.08. The van der Waals surface area contributed by atoms with Crippen molar-refractivity contribution in [1.29, 1.82) is 0 Å². The van der Waals surface area contributed by atoms with Gasteiger partial charge in [-0.05, 0) is 163 Å². The highest BCUT2D eigenvalue weighted by molar-refractivity contribution is 6.64. The van der Waals surface area contributed by atoms with Crippen LogP contribution in [0.1, 0.15) is 110 Å². The number of nitrogens with one attached hydrogen (secondary N) is 1. The number of hydrogen-bond donors (Lipinski definition) is 3. The average Bonchev–Trinajstić information content (AvgIpc) is 2.96. The Morgan fingerprint density at radius 1 is 0.591 bits per heavy atom. The minimum atomic E-state index is -0.197. The van der Waals surface area contributed by atoms with Crippen LogP contribution >= 0.6 is 11.6 Å². The van der Waals surface area contributed by atoms with Gasteiger partial charge in [-0.3, -0.25) is 19.2 Å². The first-order valence-electron chi connectivity index (χ1n) is 17.3. The largest absolute Gasteiger partial charge is 0.369 e. The number of hydrogen-bond acceptors (Lipinski definition) is 5. The zero-order valence-electron chi connectivity index (χ0n) is 25.9. The quantitative estimate of drug-likeness (QED) is 0.375. The lowest BCUT2D eigenvalue weighted by molar-refractivity contribution is -0.159. The van der Waals surface area contributed by atoms with Crippen molar-refractivity contribution >= 4 is 34.6 Å². The highest BCUT2D eigenvalue weighted by atomic mass is 35.5. The number of nitrogens with zero attached hydrogens (tertiary/aromatic N) is 1. The molecule has 0 spiro atoms. The number of rotatable bonds is 4. The normalized spacial score (nSPS) is 40.2. The summed E-state index contributed by atoms with van der Waals surface area (Å²) >= 11 is 5.76. The second-order valence-electron chi connectivity index (χ2n) is 16.1. The van der Waals surface area contributed by atoms with Crippen molar-refractivity contribution in [1.82, 2.24) is 10.2 Å². The molecule has 8 aliphatic carbocycles. The molecular weight excluding hydrogens is 576 g/mol. The average molecular weight is 633 g/mol. The standard InChI is InChI=1S/C17H26N2O2.C11H15ClO.C6H12N2O.CH4/c18-15(20)14-1-3-19(4-2-14)16(21)17-8-11-5-12(9-17)7-13(6-11)10-17;12-10(13)11-4-7-1-8(5-11)3-9(2-7)6-11;7-6(9)5-1-3-8-4-2-5;/h11-14H,1-10H2,(H2,18,20);7-9H,1-6H2;5,8H,1-4H2,(H2,7,9);1H4. The van der Waals surface area contributed by atoms with E-state index < -0.39 is 0 Å². The van der Waals surface area contributed by atoms with Crippen LogP contribution in [-0.4, -0.2) is 54.0 Å². The summed E-state index contributed by atoms with van der Waals surface area (Å²) in [6.45, 7) is 3.34. The monoisotopic (exact) mass is 632 g/mol. The first-order valence-corrected chi connectivity index (χ1v) is 17.7. The van der Waals surface area contributed by atoms with Crippen molar-refractivity contribution in [2.45, 2.75) is 110 Å². The maximum atomic E-state index is 13.1. The summed E-state index contributed by atoms with van der Waals surface area (Å²) in [5, 5.41) is 3.13. The number of nitrogens with two attached hydrogens (primary N) is 2. The van der Waals surface area contributed by atoms with E-state index in [1.54, 1.807) is 0 Å². The first kappa shape index (κ1) is 33.7. The summed E-state index contributed by atoms with van der Waals surface area (Å²) < 4.78 is 0. The van der Waals surface area contributed by atoms with Gasteiger partial charge in [-0.2, -0.15) is 0 Å². The molecule has 0 aromatic carbocycles. The minimum Gasteiger partial charge on any atom is -0.369 e. The van der Waals surface area contributed by atoms with E-state index in [1.807, 2.05) is 4.90 Å². The molecule has 5 N–H and O–H groups in total. The van der Waals surface area contributed by atoms with E-state index in [9.17, 15) is 19.2 Å². The van der Waals surface area contributed by atoms with E-state index in [1.165, 1.54) is 38.5 Å². The molecule has 0 unspecified atom stereocenters. The fourth-order valence-corrected chi connectivity index (χ4v) is 11.8. The predicted molar refractivity (Wildman–Crippen MR) is 172 cm³/mol. The number of halogens is 1. The van der Waals surface area contributed by atoms with Crippen LogP contribution in [0.15, 0.2) is 0 Å². The van der Waals surface area contributed by atoms with E-state index in [4.69, 9.17) is 23.1 Å². The summed E-state index contributed by atoms with van der Waals surface area (Å²) in [6.07, 6.45) is 18.3. The zero-order valence-corrected chi connectivity index (χ0v) is 26.6. The van der Waals surface area contributed by atoms with Gasteiger partial charge in [-0.1, -0.05) is 7.43 Å². The van der Waals surface area contributed by atoms with Crippen molar-refractivity contribution < 1.29 is 19.2 Å². The minimum absolute atomic E-state index is 0. The second kappa shape index (κ2) is 13.6. The smallest absolute Gasteiger partial charge is 0.228 e. The molecule has 0 radical (unpaired) electrons. The Hall–Kier alpha value is -1.67. The number of carbonyl (C=O) groups excluding carboxylic acids is 4. The molecule has 10 fully saturated rings. The number of likely N-dealkylation sites (tertiary alicyclic amines) is 1. The molecule has 8 nitrogen and oxygen atoms in total. The zero-order chi connectivity index (χ0) is 30.4. The molecule has 44 heavy (non-hydrogen) atoms. The maximum Gasteiger partial charge on any atom is 0.228 e. The van der Waals surface area contributed by atoms with Crippen LogP contribution in [0.25, 0.3) is 0 Å². The molecule has 3 amide bonds. The number of piperidine rings is 2. The topological polar surface area (TPSA) is 136 Å². The van der Waals surface area contributed by atoms with Gasteiger partial charge in [0.2, 0.25) is 23.0 Å². The van der Waals surface area contributed by atoms with Crippen molar-refractivity contribution in [3.8, 4) is 0 Å². The lowest BCUT2D eigenvalue weighted by Crippen LogP contribution is -2.56. The van der Waals surface area contributed by atoms with Gasteiger partial charge in [-0.15, -0.1) is 0 Å². The Balaban J connectivity index is 0.000000143. The molecule has 8 saturated carbocycles. The molecule has 248 valence electrons. The van der Waals surface area contributed by atoms with Crippen LogP contribution in [0.2, 0.25) is 0 Å². The van der Waals surface area contributed by atoms with Gasteiger partial charge >= 0.3 is 0 Å². The van der Waals surface area contributed by atoms with E-state index in [0.29, 0.717) is 5.91 Å². The van der Waals surface area contributed by atoms with Crippen molar-refractivity contribution in [2.24, 2.45) is 69.6 Å². The van der Waals surface area contributed by atoms with Crippen LogP contribution in [0, 0.1) is 58.2 Å². The number of amides is 3. The molecular formula is C35H57ClN4O4. The van der Waals surface area contributed by atoms with Gasteiger partial charge in [0.05, 0.1) is 5.41 Å².